The van der Waals surface area contributed by atoms with Crippen LogP contribution in [-0.4, -0.2) is 17.5 Å². The molecule has 3 nitrogen and oxygen atoms in total. The molecule has 2 aromatic carbocycles. The molecule has 1 N–H and O–H groups in total. The summed E-state index contributed by atoms with van der Waals surface area (Å²) in [5, 5.41) is 9.90. The molecule has 0 aliphatic rings. The van der Waals surface area contributed by atoms with Crippen LogP contribution in [0, 0.1) is 5.82 Å². The zero-order valence-corrected chi connectivity index (χ0v) is 11.1. The van der Waals surface area contributed by atoms with Gasteiger partial charge in [0.25, 0.3) is 0 Å². The Bertz CT molecular complexity index is 606. The van der Waals surface area contributed by atoms with Crippen LogP contribution in [-0.2, 0) is 0 Å². The number of phenols is 1. The summed E-state index contributed by atoms with van der Waals surface area (Å²) in [4.78, 5) is 12.2. The first-order valence-electron chi connectivity index (χ1n) is 6.38. The van der Waals surface area contributed by atoms with Gasteiger partial charge in [-0.3, -0.25) is 4.79 Å². The molecule has 0 bridgehead atoms. The Hall–Kier alpha value is -2.36. The van der Waals surface area contributed by atoms with Gasteiger partial charge in [0.05, 0.1) is 12.2 Å². The molecule has 0 aliphatic heterocycles. The fourth-order valence-electron chi connectivity index (χ4n) is 1.77. The molecule has 0 spiro atoms. The number of hydrogen-bond donors (Lipinski definition) is 1. The van der Waals surface area contributed by atoms with Crippen molar-refractivity contribution in [3.05, 3.63) is 59.4 Å². The van der Waals surface area contributed by atoms with Crippen molar-refractivity contribution in [1.82, 2.24) is 0 Å². The molecule has 0 fully saturated rings. The van der Waals surface area contributed by atoms with Crippen LogP contribution in [0.25, 0.3) is 0 Å². The zero-order chi connectivity index (χ0) is 14.5. The molecule has 0 atom stereocenters. The van der Waals surface area contributed by atoms with Gasteiger partial charge >= 0.3 is 0 Å². The van der Waals surface area contributed by atoms with Crippen LogP contribution in [0.15, 0.2) is 42.5 Å². The molecule has 20 heavy (non-hydrogen) atoms. The summed E-state index contributed by atoms with van der Waals surface area (Å²) in [7, 11) is 0. The monoisotopic (exact) mass is 274 g/mol. The van der Waals surface area contributed by atoms with E-state index in [4.69, 9.17) is 4.74 Å². The van der Waals surface area contributed by atoms with Crippen LogP contribution in [0.4, 0.5) is 4.39 Å². The van der Waals surface area contributed by atoms with E-state index in [9.17, 15) is 14.3 Å². The summed E-state index contributed by atoms with van der Waals surface area (Å²) >= 11 is 0. The van der Waals surface area contributed by atoms with E-state index in [1.165, 1.54) is 36.4 Å². The maximum Gasteiger partial charge on any atom is 0.196 e. The lowest BCUT2D eigenvalue weighted by molar-refractivity contribution is 0.103. The normalized spacial score (nSPS) is 10.3. The molecule has 2 aromatic rings. The second-order valence-corrected chi connectivity index (χ2v) is 4.36. The number of phenolic OH excluding ortho intramolecular Hbond substituents is 1. The quantitative estimate of drug-likeness (QED) is 0.848. The Morgan fingerprint density at radius 2 is 1.90 bits per heavy atom. The van der Waals surface area contributed by atoms with Gasteiger partial charge in [0, 0.05) is 11.6 Å². The van der Waals surface area contributed by atoms with Crippen LogP contribution < -0.4 is 4.74 Å². The molecule has 0 aliphatic carbocycles. The number of rotatable bonds is 5. The minimum atomic E-state index is -0.408. The first-order valence-corrected chi connectivity index (χ1v) is 6.38. The molecule has 0 saturated heterocycles. The summed E-state index contributed by atoms with van der Waals surface area (Å²) < 4.78 is 18.2. The van der Waals surface area contributed by atoms with E-state index in [1.807, 2.05) is 6.92 Å². The summed E-state index contributed by atoms with van der Waals surface area (Å²) in [6, 6.07) is 9.74. The third kappa shape index (κ3) is 3.15. The number of ether oxygens (including phenoxy) is 1. The second kappa shape index (κ2) is 6.19. The van der Waals surface area contributed by atoms with Gasteiger partial charge in [-0.25, -0.2) is 4.39 Å². The van der Waals surface area contributed by atoms with Crippen molar-refractivity contribution >= 4 is 5.78 Å². The largest absolute Gasteiger partial charge is 0.507 e. The van der Waals surface area contributed by atoms with Crippen LogP contribution in [0.2, 0.25) is 0 Å². The lowest BCUT2D eigenvalue weighted by Gasteiger charge is -2.08. The van der Waals surface area contributed by atoms with Crippen molar-refractivity contribution in [1.29, 1.82) is 0 Å². The molecule has 0 saturated carbocycles. The molecule has 0 aromatic heterocycles. The lowest BCUT2D eigenvalue weighted by Crippen LogP contribution is -2.02. The molecular weight excluding hydrogens is 259 g/mol. The highest BCUT2D eigenvalue weighted by Gasteiger charge is 2.14. The van der Waals surface area contributed by atoms with Crippen molar-refractivity contribution in [3.63, 3.8) is 0 Å². The fourth-order valence-corrected chi connectivity index (χ4v) is 1.77. The first-order chi connectivity index (χ1) is 9.61. The number of aromatic hydroxyl groups is 1. The molecule has 4 heteroatoms. The highest BCUT2D eigenvalue weighted by molar-refractivity contribution is 6.10. The Morgan fingerprint density at radius 3 is 2.50 bits per heavy atom. The van der Waals surface area contributed by atoms with Gasteiger partial charge in [0.2, 0.25) is 0 Å². The van der Waals surface area contributed by atoms with Gasteiger partial charge in [-0.2, -0.15) is 0 Å². The zero-order valence-electron chi connectivity index (χ0n) is 11.1. The predicted molar refractivity (Wildman–Crippen MR) is 73.7 cm³/mol. The lowest BCUT2D eigenvalue weighted by atomic mass is 10.0. The van der Waals surface area contributed by atoms with Gasteiger partial charge in [0.15, 0.2) is 5.78 Å². The van der Waals surface area contributed by atoms with Crippen LogP contribution >= 0.6 is 0 Å². The Morgan fingerprint density at radius 1 is 1.20 bits per heavy atom. The molecule has 0 radical (unpaired) electrons. The van der Waals surface area contributed by atoms with E-state index in [0.29, 0.717) is 17.9 Å². The number of benzene rings is 2. The summed E-state index contributed by atoms with van der Waals surface area (Å²) in [5.41, 5.74) is 0.490. The molecule has 0 heterocycles. The topological polar surface area (TPSA) is 46.5 Å². The van der Waals surface area contributed by atoms with E-state index < -0.39 is 5.82 Å². The van der Waals surface area contributed by atoms with Crippen LogP contribution in [0.1, 0.15) is 29.3 Å². The molecule has 104 valence electrons. The molecular formula is C16H15FO3. The smallest absolute Gasteiger partial charge is 0.196 e. The maximum absolute atomic E-state index is 12.8. The van der Waals surface area contributed by atoms with E-state index in [1.54, 1.807) is 6.07 Å². The third-order valence-electron chi connectivity index (χ3n) is 2.79. The molecule has 2 rings (SSSR count). The standard InChI is InChI=1S/C16H15FO3/c1-2-9-20-13-7-8-14(15(18)10-13)16(19)11-3-5-12(17)6-4-11/h3-8,10,18H,2,9H2,1H3. The number of halogens is 1. The first kappa shape index (κ1) is 14.1. The second-order valence-electron chi connectivity index (χ2n) is 4.36. The Balaban J connectivity index is 2.24. The summed E-state index contributed by atoms with van der Waals surface area (Å²) in [6.07, 6.45) is 0.858. The van der Waals surface area contributed by atoms with Gasteiger partial charge in [-0.05, 0) is 42.8 Å². The van der Waals surface area contributed by atoms with Gasteiger partial charge in [0.1, 0.15) is 17.3 Å². The molecule has 0 amide bonds. The molecule has 0 unspecified atom stereocenters. The van der Waals surface area contributed by atoms with Crippen LogP contribution in [0.5, 0.6) is 11.5 Å². The van der Waals surface area contributed by atoms with E-state index in [2.05, 4.69) is 0 Å². The number of carbonyl (C=O) groups excluding carboxylic acids is 1. The predicted octanol–water partition coefficient (Wildman–Crippen LogP) is 3.55. The average Bonchev–Trinajstić information content (AvgIpc) is 2.45. The van der Waals surface area contributed by atoms with Crippen molar-refractivity contribution in [2.75, 3.05) is 6.61 Å². The Labute approximate surface area is 116 Å². The SMILES string of the molecule is CCCOc1ccc(C(=O)c2ccc(F)cc2)c(O)c1. The number of hydrogen-bond acceptors (Lipinski definition) is 3. The van der Waals surface area contributed by atoms with E-state index >= 15 is 0 Å². The number of carbonyl (C=O) groups is 1. The van der Waals surface area contributed by atoms with Crippen molar-refractivity contribution in [2.45, 2.75) is 13.3 Å². The number of ketones is 1. The van der Waals surface area contributed by atoms with E-state index in [-0.39, 0.29) is 17.1 Å². The highest BCUT2D eigenvalue weighted by atomic mass is 19.1. The van der Waals surface area contributed by atoms with Gasteiger partial charge in [-0.15, -0.1) is 0 Å². The van der Waals surface area contributed by atoms with Gasteiger partial charge in [-0.1, -0.05) is 6.92 Å². The Kier molecular flexibility index (Phi) is 4.35. The fraction of sp³-hybridized carbons (Fsp3) is 0.188. The van der Waals surface area contributed by atoms with Gasteiger partial charge < -0.3 is 9.84 Å². The van der Waals surface area contributed by atoms with Crippen molar-refractivity contribution in [2.24, 2.45) is 0 Å². The maximum atomic E-state index is 12.8. The van der Waals surface area contributed by atoms with Crippen molar-refractivity contribution < 1.29 is 19.0 Å². The summed E-state index contributed by atoms with van der Waals surface area (Å²) in [6.45, 7) is 2.52. The van der Waals surface area contributed by atoms with Crippen molar-refractivity contribution in [3.8, 4) is 11.5 Å². The highest BCUT2D eigenvalue weighted by Crippen LogP contribution is 2.26. The summed E-state index contributed by atoms with van der Waals surface area (Å²) in [5.74, 6) is -0.397. The average molecular weight is 274 g/mol. The van der Waals surface area contributed by atoms with E-state index in [0.717, 1.165) is 6.42 Å². The minimum Gasteiger partial charge on any atom is -0.507 e. The minimum absolute atomic E-state index is 0.145. The van der Waals surface area contributed by atoms with Crippen LogP contribution in [0.3, 0.4) is 0 Å². The third-order valence-corrected chi connectivity index (χ3v) is 2.79.